The summed E-state index contributed by atoms with van der Waals surface area (Å²) in [4.78, 5) is 0. The Kier molecular flexibility index (Phi) is 4.50. The Hall–Kier alpha value is -1.04. The van der Waals surface area contributed by atoms with Gasteiger partial charge in [-0.05, 0) is 49.8 Å². The first-order chi connectivity index (χ1) is 9.07. The molecule has 0 spiro atoms. The molecule has 1 fully saturated rings. The molecule has 1 aliphatic rings. The molecule has 3 nitrogen and oxygen atoms in total. The largest absolute Gasteiger partial charge is 0.378 e. The van der Waals surface area contributed by atoms with Crippen LogP contribution in [0.3, 0.4) is 0 Å². The van der Waals surface area contributed by atoms with E-state index < -0.39 is 11.6 Å². The molecule has 0 aromatic heterocycles. The van der Waals surface area contributed by atoms with Crippen LogP contribution in [-0.2, 0) is 11.2 Å². The molecule has 0 amide bonds. The standard InChI is InChI=1S/C14H20F2N2O/c1-19-14(3-2-4-14)9-13(18-17)7-10-5-11(15)8-12(16)6-10/h5-6,8,13,18H,2-4,7,9,17H2,1H3. The quantitative estimate of drug-likeness (QED) is 0.616. The average Bonchev–Trinajstić information content (AvgIpc) is 2.31. The molecule has 1 atom stereocenters. The third kappa shape index (κ3) is 3.49. The van der Waals surface area contributed by atoms with Gasteiger partial charge in [-0.15, -0.1) is 0 Å². The van der Waals surface area contributed by atoms with E-state index in [1.54, 1.807) is 7.11 Å². The minimum absolute atomic E-state index is 0.0542. The van der Waals surface area contributed by atoms with Crippen LogP contribution in [0.15, 0.2) is 18.2 Å². The molecule has 106 valence electrons. The van der Waals surface area contributed by atoms with Crippen molar-refractivity contribution in [2.24, 2.45) is 5.84 Å². The molecule has 2 rings (SSSR count). The summed E-state index contributed by atoms with van der Waals surface area (Å²) >= 11 is 0. The Bertz CT molecular complexity index is 410. The number of benzene rings is 1. The zero-order valence-corrected chi connectivity index (χ0v) is 11.1. The van der Waals surface area contributed by atoms with Crippen LogP contribution in [0, 0.1) is 11.6 Å². The van der Waals surface area contributed by atoms with Crippen LogP contribution in [0.25, 0.3) is 0 Å². The molecular weight excluding hydrogens is 250 g/mol. The monoisotopic (exact) mass is 270 g/mol. The smallest absolute Gasteiger partial charge is 0.126 e. The van der Waals surface area contributed by atoms with Gasteiger partial charge in [0.25, 0.3) is 0 Å². The van der Waals surface area contributed by atoms with Gasteiger partial charge in [-0.3, -0.25) is 11.3 Å². The van der Waals surface area contributed by atoms with Gasteiger partial charge in [0, 0.05) is 19.2 Å². The number of hydrogen-bond donors (Lipinski definition) is 2. The van der Waals surface area contributed by atoms with Gasteiger partial charge in [0.05, 0.1) is 5.60 Å². The Labute approximate surface area is 112 Å². The maximum Gasteiger partial charge on any atom is 0.126 e. The number of nitrogens with one attached hydrogen (secondary N) is 1. The molecule has 0 saturated heterocycles. The summed E-state index contributed by atoms with van der Waals surface area (Å²) in [6.07, 6.45) is 4.41. The molecule has 1 aliphatic carbocycles. The van der Waals surface area contributed by atoms with Crippen LogP contribution < -0.4 is 11.3 Å². The number of hydrazine groups is 1. The number of hydrogen-bond acceptors (Lipinski definition) is 3. The lowest BCUT2D eigenvalue weighted by Gasteiger charge is -2.42. The highest BCUT2D eigenvalue weighted by Gasteiger charge is 2.38. The van der Waals surface area contributed by atoms with E-state index in [2.05, 4.69) is 5.43 Å². The molecule has 0 aliphatic heterocycles. The molecular formula is C14H20F2N2O. The van der Waals surface area contributed by atoms with Crippen molar-refractivity contribution in [1.29, 1.82) is 0 Å². The van der Waals surface area contributed by atoms with Gasteiger partial charge >= 0.3 is 0 Å². The molecule has 19 heavy (non-hydrogen) atoms. The predicted octanol–water partition coefficient (Wildman–Crippen LogP) is 2.30. The number of nitrogens with two attached hydrogens (primary N) is 1. The normalized spacial score (nSPS) is 18.9. The summed E-state index contributed by atoms with van der Waals surface area (Å²) < 4.78 is 31.8. The highest BCUT2D eigenvalue weighted by Crippen LogP contribution is 2.39. The van der Waals surface area contributed by atoms with Gasteiger partial charge in [-0.25, -0.2) is 8.78 Å². The van der Waals surface area contributed by atoms with Crippen molar-refractivity contribution < 1.29 is 13.5 Å². The van der Waals surface area contributed by atoms with Gasteiger partial charge in [-0.1, -0.05) is 0 Å². The summed E-state index contributed by atoms with van der Waals surface area (Å²) in [5, 5.41) is 0. The Morgan fingerprint density at radius 2 is 1.95 bits per heavy atom. The van der Waals surface area contributed by atoms with Crippen molar-refractivity contribution in [1.82, 2.24) is 5.43 Å². The first kappa shape index (κ1) is 14.4. The van der Waals surface area contributed by atoms with E-state index in [1.807, 2.05) is 0 Å². The van der Waals surface area contributed by atoms with Crippen molar-refractivity contribution in [2.45, 2.75) is 43.7 Å². The lowest BCUT2D eigenvalue weighted by Crippen LogP contribution is -2.48. The van der Waals surface area contributed by atoms with Crippen molar-refractivity contribution in [3.05, 3.63) is 35.4 Å². The van der Waals surface area contributed by atoms with E-state index >= 15 is 0 Å². The van der Waals surface area contributed by atoms with E-state index in [4.69, 9.17) is 10.6 Å². The molecule has 0 heterocycles. The maximum absolute atomic E-state index is 13.1. The Morgan fingerprint density at radius 1 is 1.32 bits per heavy atom. The third-order valence-corrected chi connectivity index (χ3v) is 3.96. The molecule has 0 bridgehead atoms. The topological polar surface area (TPSA) is 47.3 Å². The van der Waals surface area contributed by atoms with Gasteiger partial charge in [0.1, 0.15) is 11.6 Å². The molecule has 1 aromatic rings. The highest BCUT2D eigenvalue weighted by molar-refractivity contribution is 5.19. The van der Waals surface area contributed by atoms with Crippen LogP contribution in [0.5, 0.6) is 0 Å². The van der Waals surface area contributed by atoms with E-state index in [9.17, 15) is 8.78 Å². The van der Waals surface area contributed by atoms with Gasteiger partial charge < -0.3 is 4.74 Å². The van der Waals surface area contributed by atoms with Gasteiger partial charge in [0.2, 0.25) is 0 Å². The van der Waals surface area contributed by atoms with Crippen LogP contribution in [-0.4, -0.2) is 18.8 Å². The zero-order chi connectivity index (χ0) is 13.9. The van der Waals surface area contributed by atoms with Crippen LogP contribution in [0.2, 0.25) is 0 Å². The predicted molar refractivity (Wildman–Crippen MR) is 69.4 cm³/mol. The second kappa shape index (κ2) is 5.94. The zero-order valence-electron chi connectivity index (χ0n) is 11.1. The summed E-state index contributed by atoms with van der Waals surface area (Å²) in [5.41, 5.74) is 3.20. The summed E-state index contributed by atoms with van der Waals surface area (Å²) in [6, 6.07) is 3.50. The fourth-order valence-corrected chi connectivity index (χ4v) is 2.72. The minimum Gasteiger partial charge on any atom is -0.378 e. The Morgan fingerprint density at radius 3 is 2.37 bits per heavy atom. The minimum atomic E-state index is -0.559. The van der Waals surface area contributed by atoms with E-state index in [-0.39, 0.29) is 11.6 Å². The van der Waals surface area contributed by atoms with Crippen molar-refractivity contribution in [3.8, 4) is 0 Å². The fraction of sp³-hybridized carbons (Fsp3) is 0.571. The molecule has 0 radical (unpaired) electrons. The molecule has 3 N–H and O–H groups in total. The van der Waals surface area contributed by atoms with Crippen LogP contribution >= 0.6 is 0 Å². The van der Waals surface area contributed by atoms with Crippen LogP contribution in [0.4, 0.5) is 8.78 Å². The number of ether oxygens (including phenoxy) is 1. The van der Waals surface area contributed by atoms with Gasteiger partial charge in [-0.2, -0.15) is 0 Å². The third-order valence-electron chi connectivity index (χ3n) is 3.96. The SMILES string of the molecule is COC1(CC(Cc2cc(F)cc(F)c2)NN)CCC1. The molecule has 5 heteroatoms. The van der Waals surface area contributed by atoms with E-state index in [0.29, 0.717) is 12.0 Å². The summed E-state index contributed by atoms with van der Waals surface area (Å²) in [6.45, 7) is 0. The second-order valence-electron chi connectivity index (χ2n) is 5.29. The molecule has 1 unspecified atom stereocenters. The number of methoxy groups -OCH3 is 1. The first-order valence-corrected chi connectivity index (χ1v) is 6.53. The Balaban J connectivity index is 2.02. The number of rotatable bonds is 6. The van der Waals surface area contributed by atoms with Crippen molar-refractivity contribution in [3.63, 3.8) is 0 Å². The highest BCUT2D eigenvalue weighted by atomic mass is 19.1. The number of halogens is 2. The lowest BCUT2D eigenvalue weighted by molar-refractivity contribution is -0.0834. The average molecular weight is 270 g/mol. The van der Waals surface area contributed by atoms with Gasteiger partial charge in [0.15, 0.2) is 0 Å². The fourth-order valence-electron chi connectivity index (χ4n) is 2.72. The first-order valence-electron chi connectivity index (χ1n) is 6.53. The summed E-state index contributed by atoms with van der Waals surface area (Å²) in [7, 11) is 1.70. The van der Waals surface area contributed by atoms with Crippen molar-refractivity contribution >= 4 is 0 Å². The lowest BCUT2D eigenvalue weighted by atomic mass is 9.75. The molecule has 1 saturated carbocycles. The van der Waals surface area contributed by atoms with E-state index in [1.165, 1.54) is 12.1 Å². The summed E-state index contributed by atoms with van der Waals surface area (Å²) in [5.74, 6) is 4.43. The molecule has 1 aromatic carbocycles. The van der Waals surface area contributed by atoms with E-state index in [0.717, 1.165) is 31.7 Å². The maximum atomic E-state index is 13.1. The van der Waals surface area contributed by atoms with Crippen LogP contribution in [0.1, 0.15) is 31.2 Å². The second-order valence-corrected chi connectivity index (χ2v) is 5.29. The van der Waals surface area contributed by atoms with Crippen molar-refractivity contribution in [2.75, 3.05) is 7.11 Å².